The van der Waals surface area contributed by atoms with Crippen LogP contribution in [0.4, 0.5) is 5.69 Å². The SMILES string of the molecule is C1=CN(c2ccccc2)C=CN1CCCc1ccccc1. The summed E-state index contributed by atoms with van der Waals surface area (Å²) < 4.78 is 0. The van der Waals surface area contributed by atoms with Crippen molar-refractivity contribution < 1.29 is 0 Å². The van der Waals surface area contributed by atoms with Crippen molar-refractivity contribution in [3.05, 3.63) is 91.0 Å². The highest BCUT2D eigenvalue weighted by Gasteiger charge is 2.05. The molecular formula is C19H20N2. The Balaban J connectivity index is 1.48. The fraction of sp³-hybridized carbons (Fsp3) is 0.158. The molecule has 0 spiro atoms. The molecule has 0 amide bonds. The van der Waals surface area contributed by atoms with Crippen molar-refractivity contribution in [1.29, 1.82) is 0 Å². The van der Waals surface area contributed by atoms with Gasteiger partial charge in [0.05, 0.1) is 0 Å². The number of aryl methyl sites for hydroxylation is 1. The molecule has 0 saturated carbocycles. The maximum Gasteiger partial charge on any atom is 0.0450 e. The van der Waals surface area contributed by atoms with Crippen molar-refractivity contribution in [3.63, 3.8) is 0 Å². The molecule has 2 nitrogen and oxygen atoms in total. The van der Waals surface area contributed by atoms with Crippen LogP contribution >= 0.6 is 0 Å². The second-order valence-corrected chi connectivity index (χ2v) is 5.17. The molecule has 2 aromatic rings. The Morgan fingerprint density at radius 3 is 1.95 bits per heavy atom. The Morgan fingerprint density at radius 1 is 0.667 bits per heavy atom. The van der Waals surface area contributed by atoms with Crippen molar-refractivity contribution in [2.75, 3.05) is 11.4 Å². The first-order valence-electron chi connectivity index (χ1n) is 7.41. The molecule has 1 aliphatic heterocycles. The van der Waals surface area contributed by atoms with Crippen molar-refractivity contribution in [1.82, 2.24) is 4.90 Å². The van der Waals surface area contributed by atoms with Gasteiger partial charge in [-0.2, -0.15) is 0 Å². The maximum absolute atomic E-state index is 2.24. The minimum absolute atomic E-state index is 1.05. The molecule has 1 aliphatic rings. The first-order chi connectivity index (χ1) is 10.4. The molecule has 0 saturated heterocycles. The number of benzene rings is 2. The Hall–Kier alpha value is -2.48. The summed E-state index contributed by atoms with van der Waals surface area (Å²) in [4.78, 5) is 4.37. The van der Waals surface area contributed by atoms with Crippen LogP contribution in [0.25, 0.3) is 0 Å². The van der Waals surface area contributed by atoms with Crippen LogP contribution in [0.5, 0.6) is 0 Å². The van der Waals surface area contributed by atoms with Crippen LogP contribution in [-0.4, -0.2) is 11.4 Å². The van der Waals surface area contributed by atoms with Crippen LogP contribution in [0.3, 0.4) is 0 Å². The maximum atomic E-state index is 2.24. The van der Waals surface area contributed by atoms with Gasteiger partial charge in [-0.1, -0.05) is 48.5 Å². The van der Waals surface area contributed by atoms with Gasteiger partial charge >= 0.3 is 0 Å². The summed E-state index contributed by atoms with van der Waals surface area (Å²) in [7, 11) is 0. The average molecular weight is 276 g/mol. The summed E-state index contributed by atoms with van der Waals surface area (Å²) in [6.07, 6.45) is 10.8. The number of nitrogens with zero attached hydrogens (tertiary/aromatic N) is 2. The minimum Gasteiger partial charge on any atom is -0.351 e. The zero-order valence-corrected chi connectivity index (χ0v) is 12.1. The van der Waals surface area contributed by atoms with Gasteiger partial charge in [0, 0.05) is 37.0 Å². The molecule has 0 radical (unpaired) electrons. The second-order valence-electron chi connectivity index (χ2n) is 5.17. The predicted molar refractivity (Wildman–Crippen MR) is 88.7 cm³/mol. The first kappa shape index (κ1) is 13.5. The van der Waals surface area contributed by atoms with E-state index in [1.165, 1.54) is 11.3 Å². The van der Waals surface area contributed by atoms with E-state index in [0.717, 1.165) is 19.4 Å². The smallest absolute Gasteiger partial charge is 0.0450 e. The van der Waals surface area contributed by atoms with E-state index in [9.17, 15) is 0 Å². The Labute approximate surface area is 126 Å². The van der Waals surface area contributed by atoms with Gasteiger partial charge in [-0.05, 0) is 30.5 Å². The van der Waals surface area contributed by atoms with Crippen LogP contribution in [0.2, 0.25) is 0 Å². The zero-order valence-electron chi connectivity index (χ0n) is 12.1. The number of rotatable bonds is 5. The summed E-state index contributed by atoms with van der Waals surface area (Å²) in [5.74, 6) is 0. The third-order valence-corrected chi connectivity index (χ3v) is 3.62. The molecule has 21 heavy (non-hydrogen) atoms. The van der Waals surface area contributed by atoms with Crippen molar-refractivity contribution in [2.45, 2.75) is 12.8 Å². The number of hydrogen-bond acceptors (Lipinski definition) is 2. The fourth-order valence-electron chi connectivity index (χ4n) is 2.45. The molecule has 0 unspecified atom stereocenters. The summed E-state index contributed by atoms with van der Waals surface area (Å²) in [5, 5.41) is 0. The normalized spacial score (nSPS) is 13.7. The zero-order chi connectivity index (χ0) is 14.3. The largest absolute Gasteiger partial charge is 0.351 e. The van der Waals surface area contributed by atoms with E-state index in [2.05, 4.69) is 89.2 Å². The van der Waals surface area contributed by atoms with Crippen molar-refractivity contribution in [3.8, 4) is 0 Å². The number of para-hydroxylation sites is 1. The van der Waals surface area contributed by atoms with E-state index in [4.69, 9.17) is 0 Å². The summed E-state index contributed by atoms with van der Waals surface area (Å²) in [5.41, 5.74) is 2.60. The number of hydrogen-bond donors (Lipinski definition) is 0. The lowest BCUT2D eigenvalue weighted by Gasteiger charge is -2.25. The highest BCUT2D eigenvalue weighted by atomic mass is 15.2. The first-order valence-corrected chi connectivity index (χ1v) is 7.41. The predicted octanol–water partition coefficient (Wildman–Crippen LogP) is 4.38. The summed E-state index contributed by atoms with van der Waals surface area (Å²) in [6.45, 7) is 1.05. The van der Waals surface area contributed by atoms with Crippen LogP contribution < -0.4 is 4.90 Å². The third kappa shape index (κ3) is 3.76. The van der Waals surface area contributed by atoms with Gasteiger partial charge in [-0.25, -0.2) is 0 Å². The average Bonchev–Trinajstić information content (AvgIpc) is 2.57. The fourth-order valence-corrected chi connectivity index (χ4v) is 2.45. The molecule has 0 aliphatic carbocycles. The van der Waals surface area contributed by atoms with E-state index in [-0.39, 0.29) is 0 Å². The molecule has 2 heteroatoms. The molecule has 106 valence electrons. The lowest BCUT2D eigenvalue weighted by atomic mass is 10.1. The Kier molecular flexibility index (Phi) is 4.37. The highest BCUT2D eigenvalue weighted by Crippen LogP contribution is 2.17. The monoisotopic (exact) mass is 276 g/mol. The molecule has 3 rings (SSSR count). The van der Waals surface area contributed by atoms with Gasteiger partial charge in [0.2, 0.25) is 0 Å². The van der Waals surface area contributed by atoms with Crippen LogP contribution in [0.1, 0.15) is 12.0 Å². The number of anilines is 1. The van der Waals surface area contributed by atoms with E-state index in [1.807, 2.05) is 6.07 Å². The minimum atomic E-state index is 1.05. The molecule has 0 aromatic heterocycles. The Morgan fingerprint density at radius 2 is 1.29 bits per heavy atom. The van der Waals surface area contributed by atoms with Crippen LogP contribution in [0, 0.1) is 0 Å². The second kappa shape index (κ2) is 6.80. The molecule has 0 N–H and O–H groups in total. The summed E-state index contributed by atoms with van der Waals surface area (Å²) in [6, 6.07) is 21.0. The van der Waals surface area contributed by atoms with E-state index >= 15 is 0 Å². The lowest BCUT2D eigenvalue weighted by Crippen LogP contribution is -2.20. The van der Waals surface area contributed by atoms with Gasteiger partial charge in [0.1, 0.15) is 0 Å². The lowest BCUT2D eigenvalue weighted by molar-refractivity contribution is 0.481. The van der Waals surface area contributed by atoms with E-state index in [0.29, 0.717) is 0 Å². The molecule has 0 atom stereocenters. The highest BCUT2D eigenvalue weighted by molar-refractivity contribution is 5.52. The topological polar surface area (TPSA) is 6.48 Å². The molecule has 1 heterocycles. The molecular weight excluding hydrogens is 256 g/mol. The van der Waals surface area contributed by atoms with Crippen LogP contribution in [0.15, 0.2) is 85.5 Å². The van der Waals surface area contributed by atoms with Gasteiger partial charge in [-0.15, -0.1) is 0 Å². The van der Waals surface area contributed by atoms with E-state index in [1.54, 1.807) is 0 Å². The van der Waals surface area contributed by atoms with Crippen LogP contribution in [-0.2, 0) is 6.42 Å². The van der Waals surface area contributed by atoms with Gasteiger partial charge < -0.3 is 9.80 Å². The summed E-state index contributed by atoms with van der Waals surface area (Å²) >= 11 is 0. The molecule has 2 aromatic carbocycles. The van der Waals surface area contributed by atoms with Gasteiger partial charge in [-0.3, -0.25) is 0 Å². The standard InChI is InChI=1S/C19H20N2/c1-3-8-18(9-4-1)10-7-13-20-14-16-21(17-15-20)19-11-5-2-6-12-19/h1-6,8-9,11-12,14-17H,7,10,13H2. The van der Waals surface area contributed by atoms with Gasteiger partial charge in [0.15, 0.2) is 0 Å². The van der Waals surface area contributed by atoms with Crippen molar-refractivity contribution in [2.24, 2.45) is 0 Å². The van der Waals surface area contributed by atoms with Crippen molar-refractivity contribution >= 4 is 5.69 Å². The third-order valence-electron chi connectivity index (χ3n) is 3.62. The molecule has 0 fully saturated rings. The Bertz CT molecular complexity index is 588. The van der Waals surface area contributed by atoms with Gasteiger partial charge in [0.25, 0.3) is 0 Å². The van der Waals surface area contributed by atoms with E-state index < -0.39 is 0 Å². The molecule has 0 bridgehead atoms. The quantitative estimate of drug-likeness (QED) is 0.799.